The largest absolute Gasteiger partial charge is 0.496 e. The molecular weight excluding hydrogens is 254 g/mol. The van der Waals surface area contributed by atoms with Crippen LogP contribution in [0.5, 0.6) is 5.75 Å². The molecule has 4 nitrogen and oxygen atoms in total. The summed E-state index contributed by atoms with van der Waals surface area (Å²) in [6.07, 6.45) is 1.95. The molecule has 0 saturated heterocycles. The van der Waals surface area contributed by atoms with Crippen molar-refractivity contribution in [3.8, 4) is 5.75 Å². The highest BCUT2D eigenvalue weighted by molar-refractivity contribution is 5.91. The highest BCUT2D eigenvalue weighted by Gasteiger charge is 2.51. The van der Waals surface area contributed by atoms with E-state index in [-0.39, 0.29) is 17.4 Å². The number of carbonyl (C=O) groups excluding carboxylic acids is 1. The predicted octanol–water partition coefficient (Wildman–Crippen LogP) is 1.92. The van der Waals surface area contributed by atoms with E-state index in [1.54, 1.807) is 14.0 Å². The minimum Gasteiger partial charge on any atom is -0.496 e. The first-order valence-electron chi connectivity index (χ1n) is 7.11. The van der Waals surface area contributed by atoms with Crippen molar-refractivity contribution in [1.82, 2.24) is 5.32 Å². The molecule has 0 bridgehead atoms. The Balaban J connectivity index is 2.08. The fraction of sp³-hybridized carbons (Fsp3) is 0.562. The fourth-order valence-electron chi connectivity index (χ4n) is 2.45. The van der Waals surface area contributed by atoms with Gasteiger partial charge in [-0.2, -0.15) is 0 Å². The van der Waals surface area contributed by atoms with Crippen LogP contribution in [0.15, 0.2) is 18.2 Å². The number of aliphatic hydroxyl groups excluding tert-OH is 1. The molecule has 1 unspecified atom stereocenters. The van der Waals surface area contributed by atoms with Crippen molar-refractivity contribution in [2.24, 2.45) is 0 Å². The lowest BCUT2D eigenvalue weighted by molar-refractivity contribution is -0.123. The number of aryl methyl sites for hydroxylation is 1. The normalized spacial score (nSPS) is 17.4. The van der Waals surface area contributed by atoms with Crippen LogP contribution in [0, 0.1) is 6.92 Å². The molecule has 1 fully saturated rings. The molecule has 2 N–H and O–H groups in total. The van der Waals surface area contributed by atoms with Gasteiger partial charge in [0, 0.05) is 6.54 Å². The molecule has 1 aliphatic carbocycles. The molecule has 1 atom stereocenters. The lowest BCUT2D eigenvalue weighted by Crippen LogP contribution is -2.36. The molecule has 0 heterocycles. The van der Waals surface area contributed by atoms with E-state index in [2.05, 4.69) is 5.32 Å². The number of ether oxygens (including phenoxy) is 1. The van der Waals surface area contributed by atoms with E-state index in [4.69, 9.17) is 4.74 Å². The zero-order valence-electron chi connectivity index (χ0n) is 12.4. The van der Waals surface area contributed by atoms with Gasteiger partial charge in [-0.25, -0.2) is 0 Å². The molecule has 1 saturated carbocycles. The van der Waals surface area contributed by atoms with Crippen LogP contribution in [0.1, 0.15) is 37.3 Å². The van der Waals surface area contributed by atoms with Gasteiger partial charge in [0.05, 0.1) is 18.6 Å². The Bertz CT molecular complexity index is 492. The molecule has 1 aliphatic rings. The zero-order chi connectivity index (χ0) is 14.8. The quantitative estimate of drug-likeness (QED) is 0.835. The number of carbonyl (C=O) groups is 1. The van der Waals surface area contributed by atoms with Crippen molar-refractivity contribution < 1.29 is 14.6 Å². The fourth-order valence-corrected chi connectivity index (χ4v) is 2.45. The van der Waals surface area contributed by atoms with E-state index in [0.717, 1.165) is 29.7 Å². The van der Waals surface area contributed by atoms with Crippen LogP contribution < -0.4 is 10.1 Å². The molecule has 110 valence electrons. The predicted molar refractivity (Wildman–Crippen MR) is 78.0 cm³/mol. The number of hydrogen-bond acceptors (Lipinski definition) is 3. The third kappa shape index (κ3) is 2.96. The van der Waals surface area contributed by atoms with Gasteiger partial charge in [0.15, 0.2) is 0 Å². The van der Waals surface area contributed by atoms with E-state index in [9.17, 15) is 9.90 Å². The smallest absolute Gasteiger partial charge is 0.230 e. The maximum atomic E-state index is 12.4. The minimum atomic E-state index is -0.389. The van der Waals surface area contributed by atoms with Gasteiger partial charge in [-0.15, -0.1) is 0 Å². The first-order chi connectivity index (χ1) is 9.49. The Labute approximate surface area is 120 Å². The number of rotatable bonds is 6. The van der Waals surface area contributed by atoms with Gasteiger partial charge in [-0.1, -0.05) is 12.1 Å². The van der Waals surface area contributed by atoms with Crippen molar-refractivity contribution in [3.63, 3.8) is 0 Å². The van der Waals surface area contributed by atoms with Crippen LogP contribution in [0.25, 0.3) is 0 Å². The minimum absolute atomic E-state index is 0.0593. The maximum Gasteiger partial charge on any atom is 0.230 e. The number of nitrogens with one attached hydrogen (secondary N) is 1. The average Bonchev–Trinajstić information content (AvgIpc) is 3.20. The van der Waals surface area contributed by atoms with Crippen LogP contribution in [0.4, 0.5) is 0 Å². The lowest BCUT2D eigenvalue weighted by Gasteiger charge is -2.17. The van der Waals surface area contributed by atoms with Gasteiger partial charge >= 0.3 is 0 Å². The Morgan fingerprint density at radius 3 is 2.75 bits per heavy atom. The second-order valence-electron chi connectivity index (χ2n) is 5.66. The summed E-state index contributed by atoms with van der Waals surface area (Å²) < 4.78 is 5.34. The highest BCUT2D eigenvalue weighted by atomic mass is 16.5. The Kier molecular flexibility index (Phi) is 4.33. The molecule has 1 aromatic rings. The summed E-state index contributed by atoms with van der Waals surface area (Å²) in [6, 6.07) is 5.98. The van der Waals surface area contributed by atoms with Crippen molar-refractivity contribution in [1.29, 1.82) is 0 Å². The summed E-state index contributed by atoms with van der Waals surface area (Å²) in [5.41, 5.74) is 1.70. The van der Waals surface area contributed by atoms with E-state index in [0.29, 0.717) is 13.0 Å². The summed E-state index contributed by atoms with van der Waals surface area (Å²) in [7, 11) is 1.65. The second-order valence-corrected chi connectivity index (χ2v) is 5.66. The lowest BCUT2D eigenvalue weighted by atomic mass is 9.93. The topological polar surface area (TPSA) is 58.6 Å². The first-order valence-corrected chi connectivity index (χ1v) is 7.11. The van der Waals surface area contributed by atoms with Gasteiger partial charge in [0.2, 0.25) is 5.91 Å². The maximum absolute atomic E-state index is 12.4. The zero-order valence-corrected chi connectivity index (χ0v) is 12.4. The molecule has 1 amide bonds. The Hall–Kier alpha value is -1.55. The summed E-state index contributed by atoms with van der Waals surface area (Å²) in [5.74, 6) is 0.884. The van der Waals surface area contributed by atoms with Crippen LogP contribution >= 0.6 is 0 Å². The SMILES string of the molecule is COc1cc(C2(C(=O)NCCC(C)O)CC2)ccc1C. The van der Waals surface area contributed by atoms with Gasteiger partial charge in [-0.05, 0) is 50.3 Å². The molecule has 2 rings (SSSR count). The number of methoxy groups -OCH3 is 1. The van der Waals surface area contributed by atoms with E-state index in [1.807, 2.05) is 25.1 Å². The summed E-state index contributed by atoms with van der Waals surface area (Å²) in [6.45, 7) is 4.23. The molecule has 1 aromatic carbocycles. The van der Waals surface area contributed by atoms with Gasteiger partial charge in [0.25, 0.3) is 0 Å². The van der Waals surface area contributed by atoms with Crippen LogP contribution in [-0.4, -0.2) is 30.8 Å². The second kappa shape index (κ2) is 5.83. The van der Waals surface area contributed by atoms with Gasteiger partial charge in [-0.3, -0.25) is 4.79 Å². The standard InChI is InChI=1S/C16H23NO3/c1-11-4-5-13(10-14(11)20-3)16(7-8-16)15(19)17-9-6-12(2)18/h4-5,10,12,18H,6-9H2,1-3H3,(H,17,19). The Morgan fingerprint density at radius 2 is 2.20 bits per heavy atom. The number of benzene rings is 1. The van der Waals surface area contributed by atoms with Crippen molar-refractivity contribution >= 4 is 5.91 Å². The molecule has 0 spiro atoms. The third-order valence-corrected chi connectivity index (χ3v) is 3.99. The number of aliphatic hydroxyl groups is 1. The van der Waals surface area contributed by atoms with E-state index in [1.165, 1.54) is 0 Å². The van der Waals surface area contributed by atoms with Crippen molar-refractivity contribution in [2.45, 2.75) is 44.6 Å². The molecule has 0 aliphatic heterocycles. The number of hydrogen-bond donors (Lipinski definition) is 2. The first kappa shape index (κ1) is 14.9. The van der Waals surface area contributed by atoms with Crippen molar-refractivity contribution in [3.05, 3.63) is 29.3 Å². The monoisotopic (exact) mass is 277 g/mol. The Morgan fingerprint density at radius 1 is 1.50 bits per heavy atom. The number of amides is 1. The summed E-state index contributed by atoms with van der Waals surface area (Å²) in [4.78, 5) is 12.4. The van der Waals surface area contributed by atoms with Gasteiger partial charge in [0.1, 0.15) is 5.75 Å². The van der Waals surface area contributed by atoms with E-state index >= 15 is 0 Å². The van der Waals surface area contributed by atoms with Crippen LogP contribution in [-0.2, 0) is 10.2 Å². The summed E-state index contributed by atoms with van der Waals surface area (Å²) >= 11 is 0. The average molecular weight is 277 g/mol. The van der Waals surface area contributed by atoms with Gasteiger partial charge < -0.3 is 15.2 Å². The molecule has 0 radical (unpaired) electrons. The molecule has 0 aromatic heterocycles. The van der Waals surface area contributed by atoms with Crippen LogP contribution in [0.3, 0.4) is 0 Å². The van der Waals surface area contributed by atoms with Crippen molar-refractivity contribution in [2.75, 3.05) is 13.7 Å². The molecule has 4 heteroatoms. The summed E-state index contributed by atoms with van der Waals surface area (Å²) in [5, 5.41) is 12.2. The molecular formula is C16H23NO3. The molecule has 20 heavy (non-hydrogen) atoms. The third-order valence-electron chi connectivity index (χ3n) is 3.99. The highest BCUT2D eigenvalue weighted by Crippen LogP contribution is 2.49. The van der Waals surface area contributed by atoms with Crippen LogP contribution in [0.2, 0.25) is 0 Å². The van der Waals surface area contributed by atoms with E-state index < -0.39 is 0 Å².